The summed E-state index contributed by atoms with van der Waals surface area (Å²) in [5.74, 6) is 0.255. The van der Waals surface area contributed by atoms with Crippen molar-refractivity contribution in [2.24, 2.45) is 5.92 Å². The highest BCUT2D eigenvalue weighted by molar-refractivity contribution is 5.97. The molecule has 1 aliphatic heterocycles. The molecule has 0 bridgehead atoms. The van der Waals surface area contributed by atoms with E-state index in [-0.39, 0.29) is 11.8 Å². The van der Waals surface area contributed by atoms with Crippen LogP contribution in [0.4, 0.5) is 0 Å². The Morgan fingerprint density at radius 3 is 2.43 bits per heavy atom. The molecule has 0 aliphatic carbocycles. The van der Waals surface area contributed by atoms with Crippen LogP contribution < -0.4 is 16.0 Å². The van der Waals surface area contributed by atoms with Crippen molar-refractivity contribution >= 4 is 11.8 Å². The number of rotatable bonds is 8. The second kappa shape index (κ2) is 10.6. The summed E-state index contributed by atoms with van der Waals surface area (Å²) in [6, 6.07) is 18.2. The maximum Gasteiger partial charge on any atom is 0.251 e. The van der Waals surface area contributed by atoms with E-state index in [0.717, 1.165) is 25.1 Å². The van der Waals surface area contributed by atoms with Crippen LogP contribution in [0.15, 0.2) is 60.7 Å². The van der Waals surface area contributed by atoms with Gasteiger partial charge in [0.15, 0.2) is 0 Å². The van der Waals surface area contributed by atoms with Crippen LogP contribution in [0.2, 0.25) is 0 Å². The standard InChI is InChI=1S/C23H29N3O2/c27-22(20-11-5-2-6-12-20)26-21(16-18-8-3-1-4-9-18)23(28)25-15-13-19-10-7-14-24-17-19/h1-6,8-9,11-12,19,21,24H,7,10,13-17H2,(H,25,28)(H,26,27). The van der Waals surface area contributed by atoms with Crippen molar-refractivity contribution in [3.05, 3.63) is 71.8 Å². The number of carbonyl (C=O) groups is 2. The van der Waals surface area contributed by atoms with Crippen LogP contribution in [-0.4, -0.2) is 37.5 Å². The largest absolute Gasteiger partial charge is 0.354 e. The molecule has 2 aromatic carbocycles. The lowest BCUT2D eigenvalue weighted by molar-refractivity contribution is -0.123. The Balaban J connectivity index is 1.59. The zero-order valence-corrected chi connectivity index (χ0v) is 16.2. The third kappa shape index (κ3) is 6.20. The van der Waals surface area contributed by atoms with E-state index in [1.54, 1.807) is 12.1 Å². The van der Waals surface area contributed by atoms with E-state index in [2.05, 4.69) is 16.0 Å². The molecule has 2 aromatic rings. The van der Waals surface area contributed by atoms with Crippen LogP contribution in [0.5, 0.6) is 0 Å². The Morgan fingerprint density at radius 1 is 1.04 bits per heavy atom. The molecule has 0 saturated carbocycles. The summed E-state index contributed by atoms with van der Waals surface area (Å²) < 4.78 is 0. The molecule has 2 amide bonds. The fourth-order valence-electron chi connectivity index (χ4n) is 3.58. The molecule has 0 aromatic heterocycles. The first-order chi connectivity index (χ1) is 13.7. The zero-order chi connectivity index (χ0) is 19.6. The molecule has 28 heavy (non-hydrogen) atoms. The first-order valence-corrected chi connectivity index (χ1v) is 10.1. The molecule has 5 nitrogen and oxygen atoms in total. The van der Waals surface area contributed by atoms with Gasteiger partial charge in [-0.15, -0.1) is 0 Å². The second-order valence-corrected chi connectivity index (χ2v) is 7.37. The molecule has 3 N–H and O–H groups in total. The predicted molar refractivity (Wildman–Crippen MR) is 111 cm³/mol. The molecule has 5 heteroatoms. The topological polar surface area (TPSA) is 70.2 Å². The number of nitrogens with one attached hydrogen (secondary N) is 3. The van der Waals surface area contributed by atoms with Crippen LogP contribution >= 0.6 is 0 Å². The van der Waals surface area contributed by atoms with E-state index in [4.69, 9.17) is 0 Å². The van der Waals surface area contributed by atoms with Gasteiger partial charge in [-0.2, -0.15) is 0 Å². The van der Waals surface area contributed by atoms with Gasteiger partial charge in [-0.1, -0.05) is 48.5 Å². The average molecular weight is 380 g/mol. The molecule has 1 saturated heterocycles. The molecule has 1 fully saturated rings. The van der Waals surface area contributed by atoms with Gasteiger partial charge in [-0.3, -0.25) is 9.59 Å². The van der Waals surface area contributed by atoms with Gasteiger partial charge in [0, 0.05) is 18.5 Å². The third-order valence-electron chi connectivity index (χ3n) is 5.19. The Hall–Kier alpha value is -2.66. The van der Waals surface area contributed by atoms with Crippen molar-refractivity contribution in [2.45, 2.75) is 31.7 Å². The minimum absolute atomic E-state index is 0.128. The molecule has 2 unspecified atom stereocenters. The Kier molecular flexibility index (Phi) is 7.62. The van der Waals surface area contributed by atoms with Gasteiger partial charge in [0.2, 0.25) is 5.91 Å². The lowest BCUT2D eigenvalue weighted by atomic mass is 9.96. The van der Waals surface area contributed by atoms with Gasteiger partial charge >= 0.3 is 0 Å². The first-order valence-electron chi connectivity index (χ1n) is 10.1. The van der Waals surface area contributed by atoms with Crippen LogP contribution in [0.1, 0.15) is 35.2 Å². The number of hydrogen-bond donors (Lipinski definition) is 3. The van der Waals surface area contributed by atoms with Gasteiger partial charge in [0.05, 0.1) is 0 Å². The van der Waals surface area contributed by atoms with Crippen LogP contribution in [0, 0.1) is 5.92 Å². The molecule has 3 rings (SSSR count). The highest BCUT2D eigenvalue weighted by Gasteiger charge is 2.22. The summed E-state index contributed by atoms with van der Waals surface area (Å²) in [5.41, 5.74) is 1.58. The molecular formula is C23H29N3O2. The van der Waals surface area contributed by atoms with E-state index in [0.29, 0.717) is 24.4 Å². The van der Waals surface area contributed by atoms with Gasteiger partial charge in [-0.25, -0.2) is 0 Å². The van der Waals surface area contributed by atoms with Crippen molar-refractivity contribution in [3.8, 4) is 0 Å². The monoisotopic (exact) mass is 379 g/mol. The Bertz CT molecular complexity index is 743. The molecule has 2 atom stereocenters. The maximum atomic E-state index is 12.8. The van der Waals surface area contributed by atoms with Gasteiger partial charge in [-0.05, 0) is 56.0 Å². The van der Waals surface area contributed by atoms with Crippen LogP contribution in [0.3, 0.4) is 0 Å². The lowest BCUT2D eigenvalue weighted by Crippen LogP contribution is -2.48. The van der Waals surface area contributed by atoms with E-state index in [9.17, 15) is 9.59 Å². The number of hydrogen-bond acceptors (Lipinski definition) is 3. The van der Waals surface area contributed by atoms with Crippen molar-refractivity contribution < 1.29 is 9.59 Å². The van der Waals surface area contributed by atoms with E-state index < -0.39 is 6.04 Å². The summed E-state index contributed by atoms with van der Waals surface area (Å²) in [5, 5.41) is 9.34. The summed E-state index contributed by atoms with van der Waals surface area (Å²) >= 11 is 0. The number of carbonyl (C=O) groups excluding carboxylic acids is 2. The molecule has 0 spiro atoms. The van der Waals surface area contributed by atoms with E-state index in [1.165, 1.54) is 12.8 Å². The quantitative estimate of drug-likeness (QED) is 0.660. The van der Waals surface area contributed by atoms with E-state index >= 15 is 0 Å². The maximum absolute atomic E-state index is 12.8. The highest BCUT2D eigenvalue weighted by atomic mass is 16.2. The SMILES string of the molecule is O=C(NC(Cc1ccccc1)C(=O)NCCC1CCCNC1)c1ccccc1. The molecule has 1 aliphatic rings. The van der Waals surface area contributed by atoms with Crippen molar-refractivity contribution in [2.75, 3.05) is 19.6 Å². The van der Waals surface area contributed by atoms with E-state index in [1.807, 2.05) is 48.5 Å². The van der Waals surface area contributed by atoms with Gasteiger partial charge < -0.3 is 16.0 Å². The third-order valence-corrected chi connectivity index (χ3v) is 5.19. The zero-order valence-electron chi connectivity index (χ0n) is 16.2. The van der Waals surface area contributed by atoms with Gasteiger partial charge in [0.25, 0.3) is 5.91 Å². The first kappa shape index (κ1) is 20.1. The van der Waals surface area contributed by atoms with Gasteiger partial charge in [0.1, 0.15) is 6.04 Å². The molecular weight excluding hydrogens is 350 g/mol. The summed E-state index contributed by atoms with van der Waals surface area (Å²) in [6.45, 7) is 2.75. The van der Waals surface area contributed by atoms with Crippen LogP contribution in [0.25, 0.3) is 0 Å². The fraction of sp³-hybridized carbons (Fsp3) is 0.391. The molecule has 148 valence electrons. The Morgan fingerprint density at radius 2 is 1.75 bits per heavy atom. The summed E-state index contributed by atoms with van der Waals surface area (Å²) in [7, 11) is 0. The minimum Gasteiger partial charge on any atom is -0.354 e. The number of amides is 2. The van der Waals surface area contributed by atoms with Crippen molar-refractivity contribution in [1.82, 2.24) is 16.0 Å². The van der Waals surface area contributed by atoms with Crippen molar-refractivity contribution in [1.29, 1.82) is 0 Å². The number of benzene rings is 2. The molecule has 1 heterocycles. The predicted octanol–water partition coefficient (Wildman–Crippen LogP) is 2.53. The number of piperidine rings is 1. The fourth-order valence-corrected chi connectivity index (χ4v) is 3.58. The second-order valence-electron chi connectivity index (χ2n) is 7.37. The normalized spacial score (nSPS) is 17.5. The Labute approximate surface area is 166 Å². The summed E-state index contributed by atoms with van der Waals surface area (Å²) in [6.07, 6.45) is 3.84. The smallest absolute Gasteiger partial charge is 0.251 e. The minimum atomic E-state index is -0.598. The van der Waals surface area contributed by atoms with Crippen LogP contribution in [-0.2, 0) is 11.2 Å². The highest BCUT2D eigenvalue weighted by Crippen LogP contribution is 2.13. The molecule has 0 radical (unpaired) electrons. The lowest BCUT2D eigenvalue weighted by Gasteiger charge is -2.23. The summed E-state index contributed by atoms with van der Waals surface area (Å²) in [4.78, 5) is 25.4. The average Bonchev–Trinajstić information content (AvgIpc) is 2.75. The van der Waals surface area contributed by atoms with Crippen molar-refractivity contribution in [3.63, 3.8) is 0 Å².